The number of ether oxygens (including phenoxy) is 1. The van der Waals surface area contributed by atoms with E-state index >= 15 is 0 Å². The van der Waals surface area contributed by atoms with Gasteiger partial charge in [0.05, 0.1) is 12.3 Å². The lowest BCUT2D eigenvalue weighted by Gasteiger charge is -2.34. The highest BCUT2D eigenvalue weighted by atomic mass is 16.5. The monoisotopic (exact) mass is 308 g/mol. The molecule has 23 heavy (non-hydrogen) atoms. The molecule has 1 atom stereocenters. The van der Waals surface area contributed by atoms with Gasteiger partial charge in [0.1, 0.15) is 11.6 Å². The van der Waals surface area contributed by atoms with Crippen molar-refractivity contribution in [2.24, 2.45) is 0 Å². The molecule has 1 saturated heterocycles. The van der Waals surface area contributed by atoms with Crippen LogP contribution in [0.25, 0.3) is 5.52 Å². The molecule has 0 bridgehead atoms. The van der Waals surface area contributed by atoms with Crippen molar-refractivity contribution >= 4 is 11.3 Å². The van der Waals surface area contributed by atoms with E-state index in [-0.39, 0.29) is 6.10 Å². The first-order valence-electron chi connectivity index (χ1n) is 7.95. The summed E-state index contributed by atoms with van der Waals surface area (Å²) in [4.78, 5) is 6.91. The van der Waals surface area contributed by atoms with Crippen molar-refractivity contribution in [2.75, 3.05) is 24.6 Å². The molecule has 2 aromatic heterocycles. The number of aryl methyl sites for hydroxylation is 2. The van der Waals surface area contributed by atoms with E-state index in [0.29, 0.717) is 6.61 Å². The summed E-state index contributed by atoms with van der Waals surface area (Å²) < 4.78 is 7.92. The van der Waals surface area contributed by atoms with E-state index in [1.165, 1.54) is 11.1 Å². The minimum atomic E-state index is 0.0797. The van der Waals surface area contributed by atoms with E-state index in [2.05, 4.69) is 52.2 Å². The molecule has 1 aromatic carbocycles. The zero-order chi connectivity index (χ0) is 15.8. The maximum atomic E-state index is 6.02. The Morgan fingerprint density at radius 3 is 2.96 bits per heavy atom. The first-order chi connectivity index (χ1) is 11.2. The van der Waals surface area contributed by atoms with Gasteiger partial charge in [0.2, 0.25) is 0 Å². The third kappa shape index (κ3) is 2.57. The van der Waals surface area contributed by atoms with Gasteiger partial charge in [-0.1, -0.05) is 24.3 Å². The van der Waals surface area contributed by atoms with Gasteiger partial charge in [-0.2, -0.15) is 5.10 Å². The Kier molecular flexibility index (Phi) is 3.50. The van der Waals surface area contributed by atoms with Crippen molar-refractivity contribution in [2.45, 2.75) is 20.0 Å². The summed E-state index contributed by atoms with van der Waals surface area (Å²) >= 11 is 0. The third-order valence-corrected chi connectivity index (χ3v) is 4.39. The molecule has 4 rings (SSSR count). The number of morpholine rings is 1. The van der Waals surface area contributed by atoms with E-state index in [1.807, 2.05) is 23.8 Å². The van der Waals surface area contributed by atoms with Crippen LogP contribution in [0, 0.1) is 13.8 Å². The first kappa shape index (κ1) is 14.2. The molecule has 3 aromatic rings. The Morgan fingerprint density at radius 1 is 1.22 bits per heavy atom. The molecular formula is C18H20N4O. The number of anilines is 1. The van der Waals surface area contributed by atoms with Crippen molar-refractivity contribution in [3.05, 3.63) is 59.5 Å². The lowest BCUT2D eigenvalue weighted by Crippen LogP contribution is -2.39. The lowest BCUT2D eigenvalue weighted by atomic mass is 10.0. The fourth-order valence-corrected chi connectivity index (χ4v) is 3.25. The molecule has 5 nitrogen and oxygen atoms in total. The SMILES string of the molecule is Cc1cc2c(N3CCOC(c4ccccc4C)C3)nccn2n1. The van der Waals surface area contributed by atoms with Crippen LogP contribution in [-0.2, 0) is 4.74 Å². The van der Waals surface area contributed by atoms with Gasteiger partial charge in [-0.3, -0.25) is 0 Å². The van der Waals surface area contributed by atoms with Gasteiger partial charge in [-0.25, -0.2) is 9.50 Å². The molecule has 0 radical (unpaired) electrons. The van der Waals surface area contributed by atoms with Crippen LogP contribution in [0.5, 0.6) is 0 Å². The zero-order valence-electron chi connectivity index (χ0n) is 13.4. The summed E-state index contributed by atoms with van der Waals surface area (Å²) in [5.41, 5.74) is 4.58. The van der Waals surface area contributed by atoms with E-state index < -0.39 is 0 Å². The quantitative estimate of drug-likeness (QED) is 0.730. The average molecular weight is 308 g/mol. The molecule has 0 aliphatic carbocycles. The minimum absolute atomic E-state index is 0.0797. The number of benzene rings is 1. The van der Waals surface area contributed by atoms with Gasteiger partial charge in [0, 0.05) is 25.5 Å². The van der Waals surface area contributed by atoms with Gasteiger partial charge in [0.25, 0.3) is 0 Å². The van der Waals surface area contributed by atoms with Crippen LogP contribution in [-0.4, -0.2) is 34.3 Å². The highest BCUT2D eigenvalue weighted by Crippen LogP contribution is 2.29. The fourth-order valence-electron chi connectivity index (χ4n) is 3.25. The molecular weight excluding hydrogens is 288 g/mol. The van der Waals surface area contributed by atoms with Crippen LogP contribution in [0.3, 0.4) is 0 Å². The molecule has 0 amide bonds. The Bertz CT molecular complexity index is 842. The molecule has 0 spiro atoms. The molecule has 118 valence electrons. The van der Waals surface area contributed by atoms with Gasteiger partial charge < -0.3 is 9.64 Å². The van der Waals surface area contributed by atoms with Gasteiger partial charge >= 0.3 is 0 Å². The number of rotatable bonds is 2. The van der Waals surface area contributed by atoms with Crippen molar-refractivity contribution in [3.8, 4) is 0 Å². The second kappa shape index (κ2) is 5.66. The largest absolute Gasteiger partial charge is 0.370 e. The number of hydrogen-bond acceptors (Lipinski definition) is 4. The molecule has 0 saturated carbocycles. The number of nitrogens with zero attached hydrogens (tertiary/aromatic N) is 4. The molecule has 1 aliphatic heterocycles. The number of fused-ring (bicyclic) bond motifs is 1. The molecule has 3 heterocycles. The predicted octanol–water partition coefficient (Wildman–Crippen LogP) is 2.92. The summed E-state index contributed by atoms with van der Waals surface area (Å²) in [6, 6.07) is 10.5. The maximum absolute atomic E-state index is 6.02. The normalized spacial score (nSPS) is 18.5. The first-order valence-corrected chi connectivity index (χ1v) is 7.95. The highest BCUT2D eigenvalue weighted by molar-refractivity contribution is 5.69. The Morgan fingerprint density at radius 2 is 2.09 bits per heavy atom. The standard InChI is InChI=1S/C18H20N4O/c1-13-5-3-4-6-15(13)17-12-21(9-10-23-17)18-16-11-14(2)20-22(16)8-7-19-18/h3-8,11,17H,9-10,12H2,1-2H3. The fraction of sp³-hybridized carbons (Fsp3) is 0.333. The second-order valence-electron chi connectivity index (χ2n) is 6.03. The topological polar surface area (TPSA) is 42.7 Å². The van der Waals surface area contributed by atoms with Crippen LogP contribution in [0.4, 0.5) is 5.82 Å². The molecule has 5 heteroatoms. The van der Waals surface area contributed by atoms with Gasteiger partial charge in [-0.15, -0.1) is 0 Å². The van der Waals surface area contributed by atoms with E-state index in [4.69, 9.17) is 4.74 Å². The average Bonchev–Trinajstić information content (AvgIpc) is 2.95. The maximum Gasteiger partial charge on any atom is 0.154 e. The summed E-state index contributed by atoms with van der Waals surface area (Å²) in [7, 11) is 0. The number of aromatic nitrogens is 3. The van der Waals surface area contributed by atoms with E-state index in [9.17, 15) is 0 Å². The zero-order valence-corrected chi connectivity index (χ0v) is 13.4. The highest BCUT2D eigenvalue weighted by Gasteiger charge is 2.25. The summed E-state index contributed by atoms with van der Waals surface area (Å²) in [6.07, 6.45) is 3.79. The van der Waals surface area contributed by atoms with Crippen molar-refractivity contribution in [1.82, 2.24) is 14.6 Å². The second-order valence-corrected chi connectivity index (χ2v) is 6.03. The Hall–Kier alpha value is -2.40. The van der Waals surface area contributed by atoms with Crippen LogP contribution in [0.1, 0.15) is 22.9 Å². The molecule has 1 unspecified atom stereocenters. The minimum Gasteiger partial charge on any atom is -0.370 e. The third-order valence-electron chi connectivity index (χ3n) is 4.39. The summed E-state index contributed by atoms with van der Waals surface area (Å²) in [5.74, 6) is 0.981. The van der Waals surface area contributed by atoms with Gasteiger partial charge in [-0.05, 0) is 31.0 Å². The molecule has 1 fully saturated rings. The van der Waals surface area contributed by atoms with E-state index in [1.54, 1.807) is 0 Å². The Balaban J connectivity index is 1.68. The van der Waals surface area contributed by atoms with Crippen molar-refractivity contribution in [3.63, 3.8) is 0 Å². The smallest absolute Gasteiger partial charge is 0.154 e. The predicted molar refractivity (Wildman–Crippen MR) is 89.8 cm³/mol. The molecule has 0 N–H and O–H groups in total. The van der Waals surface area contributed by atoms with Crippen LogP contribution in [0.2, 0.25) is 0 Å². The lowest BCUT2D eigenvalue weighted by molar-refractivity contribution is 0.0392. The number of hydrogen-bond donors (Lipinski definition) is 0. The molecule has 1 aliphatic rings. The van der Waals surface area contributed by atoms with Gasteiger partial charge in [0.15, 0.2) is 5.82 Å². The van der Waals surface area contributed by atoms with Crippen LogP contribution >= 0.6 is 0 Å². The van der Waals surface area contributed by atoms with Crippen molar-refractivity contribution in [1.29, 1.82) is 0 Å². The Labute approximate surface area is 135 Å². The van der Waals surface area contributed by atoms with Crippen LogP contribution < -0.4 is 4.90 Å². The summed E-state index contributed by atoms with van der Waals surface area (Å²) in [6.45, 7) is 6.50. The summed E-state index contributed by atoms with van der Waals surface area (Å²) in [5, 5.41) is 4.48. The van der Waals surface area contributed by atoms with E-state index in [0.717, 1.165) is 30.1 Å². The van der Waals surface area contributed by atoms with Crippen LogP contribution in [0.15, 0.2) is 42.7 Å². The van der Waals surface area contributed by atoms with Crippen molar-refractivity contribution < 1.29 is 4.74 Å².